The first kappa shape index (κ1) is 16.9. The number of ether oxygens (including phenoxy) is 2. The molecule has 1 rings (SSSR count). The molecule has 7 heteroatoms. The quantitative estimate of drug-likeness (QED) is 0.482. The third-order valence-corrected chi connectivity index (χ3v) is 2.71. The number of benzene rings is 1. The van der Waals surface area contributed by atoms with E-state index in [0.29, 0.717) is 18.9 Å². The molecule has 1 aromatic rings. The van der Waals surface area contributed by atoms with Crippen molar-refractivity contribution in [1.82, 2.24) is 4.90 Å². The fraction of sp³-hybridized carbons (Fsp3) is 0.429. The second-order valence-corrected chi connectivity index (χ2v) is 4.50. The number of rotatable bonds is 9. The number of anilines is 1. The molecule has 0 atom stereocenters. The van der Waals surface area contributed by atoms with E-state index in [2.05, 4.69) is 0 Å². The van der Waals surface area contributed by atoms with Gasteiger partial charge < -0.3 is 25.8 Å². The lowest BCUT2D eigenvalue weighted by molar-refractivity contribution is -0.140. The monoisotopic (exact) mass is 295 g/mol. The minimum absolute atomic E-state index is 0.119. The molecule has 0 bridgehead atoms. The zero-order valence-corrected chi connectivity index (χ0v) is 12.1. The molecular formula is C14H21N3O4. The number of carbonyl (C=O) groups excluding carboxylic acids is 2. The summed E-state index contributed by atoms with van der Waals surface area (Å²) in [6.45, 7) is 0.716. The Hall–Kier alpha value is -2.12. The lowest BCUT2D eigenvalue weighted by atomic mass is 10.2. The molecular weight excluding hydrogens is 274 g/mol. The molecule has 0 saturated carbocycles. The van der Waals surface area contributed by atoms with Crippen LogP contribution in [0.25, 0.3) is 0 Å². The summed E-state index contributed by atoms with van der Waals surface area (Å²) in [4.78, 5) is 24.5. The van der Waals surface area contributed by atoms with Gasteiger partial charge in [-0.05, 0) is 17.7 Å². The maximum Gasteiger partial charge on any atom is 0.249 e. The van der Waals surface area contributed by atoms with Crippen LogP contribution in [0.2, 0.25) is 0 Å². The van der Waals surface area contributed by atoms with Crippen molar-refractivity contribution in [2.45, 2.75) is 6.54 Å². The highest BCUT2D eigenvalue weighted by Gasteiger charge is 2.16. The maximum atomic E-state index is 12.0. The molecule has 0 saturated heterocycles. The number of nitrogens with two attached hydrogens (primary N) is 2. The number of methoxy groups -OCH3 is 1. The predicted molar refractivity (Wildman–Crippen MR) is 78.2 cm³/mol. The topological polar surface area (TPSA) is 108 Å². The first-order valence-electron chi connectivity index (χ1n) is 6.50. The Morgan fingerprint density at radius 3 is 2.43 bits per heavy atom. The summed E-state index contributed by atoms with van der Waals surface area (Å²) < 4.78 is 9.99. The van der Waals surface area contributed by atoms with Crippen molar-refractivity contribution >= 4 is 17.5 Å². The number of primary amides is 1. The van der Waals surface area contributed by atoms with Gasteiger partial charge >= 0.3 is 0 Å². The van der Waals surface area contributed by atoms with Crippen LogP contribution in [-0.4, -0.2) is 50.2 Å². The minimum Gasteiger partial charge on any atom is -0.399 e. The lowest BCUT2D eigenvalue weighted by Gasteiger charge is -2.21. The van der Waals surface area contributed by atoms with Crippen molar-refractivity contribution in [2.24, 2.45) is 5.73 Å². The van der Waals surface area contributed by atoms with Crippen molar-refractivity contribution in [3.8, 4) is 0 Å². The molecule has 0 aliphatic rings. The SMILES string of the molecule is COCCOCC(=O)N(CC(N)=O)Cc1ccc(N)cc1. The Morgan fingerprint density at radius 2 is 1.86 bits per heavy atom. The summed E-state index contributed by atoms with van der Waals surface area (Å²) in [6.07, 6.45) is 0. The van der Waals surface area contributed by atoms with Gasteiger partial charge in [0.15, 0.2) is 0 Å². The molecule has 0 aliphatic carbocycles. The summed E-state index contributed by atoms with van der Waals surface area (Å²) in [5.41, 5.74) is 12.3. The van der Waals surface area contributed by atoms with Gasteiger partial charge in [-0.3, -0.25) is 9.59 Å². The predicted octanol–water partition coefficient (Wildman–Crippen LogP) is -0.254. The van der Waals surface area contributed by atoms with Crippen LogP contribution in [0.1, 0.15) is 5.56 Å². The first-order valence-corrected chi connectivity index (χ1v) is 6.50. The van der Waals surface area contributed by atoms with Crippen molar-refractivity contribution in [1.29, 1.82) is 0 Å². The highest BCUT2D eigenvalue weighted by Crippen LogP contribution is 2.09. The molecule has 0 aromatic heterocycles. The summed E-state index contributed by atoms with van der Waals surface area (Å²) in [6, 6.07) is 7.06. The van der Waals surface area contributed by atoms with Gasteiger partial charge in [-0.15, -0.1) is 0 Å². The van der Waals surface area contributed by atoms with E-state index in [1.807, 2.05) is 0 Å². The van der Waals surface area contributed by atoms with E-state index in [0.717, 1.165) is 5.56 Å². The van der Waals surface area contributed by atoms with Crippen molar-refractivity contribution < 1.29 is 19.1 Å². The normalized spacial score (nSPS) is 10.3. The molecule has 0 radical (unpaired) electrons. The molecule has 0 heterocycles. The summed E-state index contributed by atoms with van der Waals surface area (Å²) in [5.74, 6) is -0.877. The van der Waals surface area contributed by atoms with E-state index >= 15 is 0 Å². The Bertz CT molecular complexity index is 462. The molecule has 0 aliphatic heterocycles. The van der Waals surface area contributed by atoms with Gasteiger partial charge in [0.05, 0.1) is 19.8 Å². The van der Waals surface area contributed by atoms with Crippen LogP contribution in [0, 0.1) is 0 Å². The maximum absolute atomic E-state index is 12.0. The number of hydrogen-bond donors (Lipinski definition) is 2. The third kappa shape index (κ3) is 6.73. The average Bonchev–Trinajstić information content (AvgIpc) is 2.44. The van der Waals surface area contributed by atoms with Crippen molar-refractivity contribution in [3.05, 3.63) is 29.8 Å². The van der Waals surface area contributed by atoms with Crippen molar-refractivity contribution in [3.63, 3.8) is 0 Å². The second-order valence-electron chi connectivity index (χ2n) is 4.50. The molecule has 7 nitrogen and oxygen atoms in total. The van der Waals surface area contributed by atoms with Gasteiger partial charge in [0.1, 0.15) is 6.61 Å². The Kier molecular flexibility index (Phi) is 7.20. The molecule has 0 unspecified atom stereocenters. The summed E-state index contributed by atoms with van der Waals surface area (Å²) in [7, 11) is 1.55. The summed E-state index contributed by atoms with van der Waals surface area (Å²) >= 11 is 0. The molecule has 4 N–H and O–H groups in total. The third-order valence-electron chi connectivity index (χ3n) is 2.71. The van der Waals surface area contributed by atoms with Gasteiger partial charge in [-0.25, -0.2) is 0 Å². The average molecular weight is 295 g/mol. The van der Waals surface area contributed by atoms with Crippen LogP contribution < -0.4 is 11.5 Å². The van der Waals surface area contributed by atoms with Crippen molar-refractivity contribution in [2.75, 3.05) is 39.2 Å². The van der Waals surface area contributed by atoms with Gasteiger partial charge in [-0.1, -0.05) is 12.1 Å². The Balaban J connectivity index is 2.59. The molecule has 21 heavy (non-hydrogen) atoms. The van der Waals surface area contributed by atoms with Gasteiger partial charge in [-0.2, -0.15) is 0 Å². The zero-order chi connectivity index (χ0) is 15.7. The number of hydrogen-bond acceptors (Lipinski definition) is 5. The van der Waals surface area contributed by atoms with E-state index in [9.17, 15) is 9.59 Å². The largest absolute Gasteiger partial charge is 0.399 e. The first-order chi connectivity index (χ1) is 10.0. The fourth-order valence-electron chi connectivity index (χ4n) is 1.66. The zero-order valence-electron chi connectivity index (χ0n) is 12.1. The molecule has 2 amide bonds. The van der Waals surface area contributed by atoms with E-state index in [4.69, 9.17) is 20.9 Å². The molecule has 0 fully saturated rings. The van der Waals surface area contributed by atoms with Gasteiger partial charge in [0.2, 0.25) is 11.8 Å². The number of nitrogen functional groups attached to an aromatic ring is 1. The van der Waals surface area contributed by atoms with Gasteiger partial charge in [0, 0.05) is 19.3 Å². The van der Waals surface area contributed by atoms with Gasteiger partial charge in [0.25, 0.3) is 0 Å². The summed E-state index contributed by atoms with van der Waals surface area (Å²) in [5, 5.41) is 0. The molecule has 116 valence electrons. The van der Waals surface area contributed by atoms with E-state index in [1.165, 1.54) is 4.90 Å². The molecule has 0 spiro atoms. The highest BCUT2D eigenvalue weighted by atomic mass is 16.5. The number of nitrogens with zero attached hydrogens (tertiary/aromatic N) is 1. The standard InChI is InChI=1S/C14H21N3O4/c1-20-6-7-21-10-14(19)17(9-13(16)18)8-11-2-4-12(15)5-3-11/h2-5H,6-10,15H2,1H3,(H2,16,18). The number of carbonyl (C=O) groups is 2. The fourth-order valence-corrected chi connectivity index (χ4v) is 1.66. The van der Waals surface area contributed by atoms with Crippen LogP contribution in [0.3, 0.4) is 0 Å². The Morgan fingerprint density at radius 1 is 1.19 bits per heavy atom. The Labute approximate surface area is 123 Å². The van der Waals surface area contributed by atoms with Crippen LogP contribution >= 0.6 is 0 Å². The van der Waals surface area contributed by atoms with Crippen LogP contribution in [0.5, 0.6) is 0 Å². The smallest absolute Gasteiger partial charge is 0.249 e. The second kappa shape index (κ2) is 8.93. The highest BCUT2D eigenvalue weighted by molar-refractivity contribution is 5.84. The van der Waals surface area contributed by atoms with E-state index < -0.39 is 5.91 Å². The van der Waals surface area contributed by atoms with Crippen LogP contribution in [-0.2, 0) is 25.6 Å². The minimum atomic E-state index is -0.573. The number of amides is 2. The molecule has 1 aromatic carbocycles. The van der Waals surface area contributed by atoms with Crippen LogP contribution in [0.4, 0.5) is 5.69 Å². The lowest BCUT2D eigenvalue weighted by Crippen LogP contribution is -2.40. The van der Waals surface area contributed by atoms with Crippen LogP contribution in [0.15, 0.2) is 24.3 Å². The van der Waals surface area contributed by atoms with E-state index in [1.54, 1.807) is 31.4 Å². The van der Waals surface area contributed by atoms with E-state index in [-0.39, 0.29) is 25.6 Å².